The van der Waals surface area contributed by atoms with E-state index in [4.69, 9.17) is 5.10 Å². The van der Waals surface area contributed by atoms with E-state index in [0.717, 1.165) is 22.8 Å². The smallest absolute Gasteiger partial charge is 0.172 e. The number of nitrogens with one attached hydrogen (secondary N) is 1. The van der Waals surface area contributed by atoms with Crippen LogP contribution in [0.5, 0.6) is 0 Å². The first kappa shape index (κ1) is 15.3. The molecule has 4 rings (SSSR count). The van der Waals surface area contributed by atoms with E-state index >= 15 is 0 Å². The van der Waals surface area contributed by atoms with Crippen molar-refractivity contribution >= 4 is 17.2 Å². The Morgan fingerprint density at radius 2 is 1.36 bits per heavy atom. The van der Waals surface area contributed by atoms with Crippen molar-refractivity contribution in [1.29, 1.82) is 0 Å². The lowest BCUT2D eigenvalue weighted by atomic mass is 10.1. The third-order valence-corrected chi connectivity index (χ3v) is 4.18. The fraction of sp³-hybridized carbons (Fsp3) is 0.0952. The molecule has 0 bridgehead atoms. The number of aryl methyl sites for hydroxylation is 1. The minimum Gasteiger partial charge on any atom is -0.278 e. The molecule has 0 aliphatic carbocycles. The Morgan fingerprint density at radius 3 is 2.00 bits per heavy atom. The van der Waals surface area contributed by atoms with Crippen LogP contribution >= 0.6 is 0 Å². The second kappa shape index (κ2) is 6.69. The van der Waals surface area contributed by atoms with Gasteiger partial charge in [0.1, 0.15) is 6.67 Å². The molecule has 3 aromatic rings. The second-order valence-corrected chi connectivity index (χ2v) is 6.07. The highest BCUT2D eigenvalue weighted by Crippen LogP contribution is 2.21. The van der Waals surface area contributed by atoms with Crippen LogP contribution in [0.2, 0.25) is 0 Å². The summed E-state index contributed by atoms with van der Waals surface area (Å²) in [6, 6.07) is 28.9. The van der Waals surface area contributed by atoms with Crippen molar-refractivity contribution in [3.63, 3.8) is 0 Å². The molecule has 0 aromatic heterocycles. The quantitative estimate of drug-likeness (QED) is 0.784. The number of hydrogen-bond acceptors (Lipinski definition) is 4. The monoisotopic (exact) mass is 328 g/mol. The number of benzene rings is 3. The largest absolute Gasteiger partial charge is 0.278 e. The lowest BCUT2D eigenvalue weighted by molar-refractivity contribution is 0.679. The zero-order chi connectivity index (χ0) is 17.1. The van der Waals surface area contributed by atoms with Crippen molar-refractivity contribution in [2.45, 2.75) is 6.92 Å². The van der Waals surface area contributed by atoms with Gasteiger partial charge in [0, 0.05) is 5.56 Å². The van der Waals surface area contributed by atoms with Crippen LogP contribution in [0.15, 0.2) is 90.0 Å². The lowest BCUT2D eigenvalue weighted by Gasteiger charge is -2.36. The van der Waals surface area contributed by atoms with E-state index in [9.17, 15) is 0 Å². The van der Waals surface area contributed by atoms with Crippen molar-refractivity contribution in [1.82, 2.24) is 5.43 Å². The summed E-state index contributed by atoms with van der Waals surface area (Å²) in [5.74, 6) is 0.832. The Balaban J connectivity index is 1.73. The first-order valence-electron chi connectivity index (χ1n) is 8.37. The van der Waals surface area contributed by atoms with E-state index < -0.39 is 0 Å². The van der Waals surface area contributed by atoms with E-state index in [2.05, 4.69) is 65.9 Å². The number of para-hydroxylation sites is 2. The molecule has 3 aromatic carbocycles. The van der Waals surface area contributed by atoms with Crippen LogP contribution in [-0.4, -0.2) is 12.5 Å². The van der Waals surface area contributed by atoms with E-state index in [1.807, 2.05) is 41.4 Å². The third kappa shape index (κ3) is 3.33. The van der Waals surface area contributed by atoms with Crippen LogP contribution in [0.4, 0.5) is 11.4 Å². The van der Waals surface area contributed by atoms with Crippen molar-refractivity contribution < 1.29 is 0 Å². The topological polar surface area (TPSA) is 30.9 Å². The minimum absolute atomic E-state index is 0.628. The number of amidine groups is 1. The minimum atomic E-state index is 0.628. The van der Waals surface area contributed by atoms with Gasteiger partial charge in [-0.15, -0.1) is 0 Å². The second-order valence-electron chi connectivity index (χ2n) is 6.07. The number of anilines is 2. The maximum Gasteiger partial charge on any atom is 0.172 e. The molecule has 0 atom stereocenters. The molecule has 0 saturated heterocycles. The summed E-state index contributed by atoms with van der Waals surface area (Å²) in [6.45, 7) is 2.72. The Morgan fingerprint density at radius 1 is 0.760 bits per heavy atom. The summed E-state index contributed by atoms with van der Waals surface area (Å²) in [7, 11) is 0. The van der Waals surface area contributed by atoms with Gasteiger partial charge >= 0.3 is 0 Å². The van der Waals surface area contributed by atoms with Crippen LogP contribution in [0.1, 0.15) is 11.1 Å². The van der Waals surface area contributed by atoms with E-state index in [1.54, 1.807) is 0 Å². The normalized spacial score (nSPS) is 14.0. The van der Waals surface area contributed by atoms with Gasteiger partial charge in [0.2, 0.25) is 0 Å². The van der Waals surface area contributed by atoms with Gasteiger partial charge in [-0.05, 0) is 31.2 Å². The Labute approximate surface area is 148 Å². The lowest BCUT2D eigenvalue weighted by Crippen LogP contribution is -2.53. The molecular weight excluding hydrogens is 308 g/mol. The Bertz CT molecular complexity index is 857. The van der Waals surface area contributed by atoms with E-state index in [-0.39, 0.29) is 0 Å². The summed E-state index contributed by atoms with van der Waals surface area (Å²) in [5.41, 5.74) is 7.91. The Hall–Kier alpha value is -3.27. The molecule has 0 amide bonds. The molecule has 25 heavy (non-hydrogen) atoms. The van der Waals surface area contributed by atoms with Gasteiger partial charge < -0.3 is 0 Å². The molecule has 1 heterocycles. The van der Waals surface area contributed by atoms with Crippen LogP contribution in [0, 0.1) is 6.92 Å². The number of nitrogens with zero attached hydrogens (tertiary/aromatic N) is 3. The van der Waals surface area contributed by atoms with Gasteiger partial charge in [-0.3, -0.25) is 10.4 Å². The van der Waals surface area contributed by atoms with Crippen LogP contribution in [0.3, 0.4) is 0 Å². The maximum absolute atomic E-state index is 4.82. The van der Waals surface area contributed by atoms with Crippen molar-refractivity contribution in [2.75, 3.05) is 16.7 Å². The molecule has 4 heteroatoms. The summed E-state index contributed by atoms with van der Waals surface area (Å²) in [4.78, 5) is 0. The molecular formula is C21H20N4. The first-order chi connectivity index (χ1) is 12.3. The van der Waals surface area contributed by atoms with Crippen molar-refractivity contribution in [2.24, 2.45) is 5.10 Å². The maximum atomic E-state index is 4.82. The Kier molecular flexibility index (Phi) is 4.09. The molecule has 0 radical (unpaired) electrons. The van der Waals surface area contributed by atoms with Crippen LogP contribution < -0.4 is 15.4 Å². The average molecular weight is 328 g/mol. The SMILES string of the molecule is Cc1ccc(C2=NN(c3ccccc3)CN(c3ccccc3)N2)cc1. The predicted octanol–water partition coefficient (Wildman–Crippen LogP) is 4.15. The highest BCUT2D eigenvalue weighted by atomic mass is 15.7. The molecule has 0 unspecified atom stereocenters. The number of rotatable bonds is 3. The fourth-order valence-corrected chi connectivity index (χ4v) is 2.80. The predicted molar refractivity (Wildman–Crippen MR) is 104 cm³/mol. The molecule has 1 aliphatic rings. The van der Waals surface area contributed by atoms with Gasteiger partial charge in [0.05, 0.1) is 11.4 Å². The number of hydrazone groups is 1. The fourth-order valence-electron chi connectivity index (χ4n) is 2.80. The van der Waals surface area contributed by atoms with Crippen molar-refractivity contribution in [3.05, 3.63) is 96.1 Å². The van der Waals surface area contributed by atoms with Crippen molar-refractivity contribution in [3.8, 4) is 0 Å². The summed E-state index contributed by atoms with van der Waals surface area (Å²) < 4.78 is 0. The van der Waals surface area contributed by atoms with Crippen LogP contribution in [-0.2, 0) is 0 Å². The molecule has 1 N–H and O–H groups in total. The molecule has 4 nitrogen and oxygen atoms in total. The summed E-state index contributed by atoms with van der Waals surface area (Å²) in [6.07, 6.45) is 0. The summed E-state index contributed by atoms with van der Waals surface area (Å²) >= 11 is 0. The first-order valence-corrected chi connectivity index (χ1v) is 8.37. The third-order valence-electron chi connectivity index (χ3n) is 4.18. The number of hydrazine groups is 1. The molecule has 0 saturated carbocycles. The van der Waals surface area contributed by atoms with Gasteiger partial charge in [-0.1, -0.05) is 66.2 Å². The number of hydrogen-bond donors (Lipinski definition) is 1. The average Bonchev–Trinajstić information content (AvgIpc) is 2.69. The van der Waals surface area contributed by atoms with E-state index in [0.29, 0.717) is 6.67 Å². The standard InChI is InChI=1S/C21H20N4/c1-17-12-14-18(15-13-17)21-22-24(19-8-4-2-5-9-19)16-25(23-21)20-10-6-3-7-11-20/h2-15H,16H2,1H3,(H,22,23). The molecule has 0 spiro atoms. The molecule has 1 aliphatic heterocycles. The highest BCUT2D eigenvalue weighted by Gasteiger charge is 2.21. The van der Waals surface area contributed by atoms with Gasteiger partial charge in [0.25, 0.3) is 0 Å². The zero-order valence-electron chi connectivity index (χ0n) is 14.1. The summed E-state index contributed by atoms with van der Waals surface area (Å²) in [5, 5.41) is 8.94. The van der Waals surface area contributed by atoms with Gasteiger partial charge in [-0.25, -0.2) is 5.01 Å². The highest BCUT2D eigenvalue weighted by molar-refractivity contribution is 6.00. The van der Waals surface area contributed by atoms with E-state index in [1.165, 1.54) is 5.56 Å². The zero-order valence-corrected chi connectivity index (χ0v) is 14.1. The van der Waals surface area contributed by atoms with Gasteiger partial charge in [-0.2, -0.15) is 5.10 Å². The van der Waals surface area contributed by atoms with Crippen LogP contribution in [0.25, 0.3) is 0 Å². The molecule has 124 valence electrons. The molecule has 0 fully saturated rings. The van der Waals surface area contributed by atoms with Gasteiger partial charge in [0.15, 0.2) is 5.84 Å².